The number of nitro groups is 1. The smallest absolute Gasteiger partial charge is 0.288 e. The number of aliphatic imine (C=N–C) groups is 1. The summed E-state index contributed by atoms with van der Waals surface area (Å²) in [6.45, 7) is 0. The maximum atomic E-state index is 12.6. The Morgan fingerprint density at radius 1 is 1.19 bits per heavy atom. The molecule has 9 heteroatoms. The molecule has 0 spiro atoms. The first-order chi connectivity index (χ1) is 12.3. The van der Waals surface area contributed by atoms with Crippen LogP contribution in [0, 0.1) is 16.0 Å². The first kappa shape index (κ1) is 17.4. The van der Waals surface area contributed by atoms with Crippen LogP contribution in [0.15, 0.2) is 33.8 Å². The highest BCUT2D eigenvalue weighted by molar-refractivity contribution is 7.95. The van der Waals surface area contributed by atoms with E-state index in [-0.39, 0.29) is 27.2 Å². The lowest BCUT2D eigenvalue weighted by Gasteiger charge is -2.34. The van der Waals surface area contributed by atoms with Crippen LogP contribution in [0.1, 0.15) is 37.2 Å². The van der Waals surface area contributed by atoms with Crippen molar-refractivity contribution in [3.05, 3.63) is 49.5 Å². The van der Waals surface area contributed by atoms with Crippen LogP contribution >= 0.6 is 11.6 Å². The van der Waals surface area contributed by atoms with Gasteiger partial charge in [-0.25, -0.2) is 8.42 Å². The van der Waals surface area contributed by atoms with Gasteiger partial charge in [0.1, 0.15) is 10.8 Å². The Bertz CT molecular complexity index is 1010. The predicted molar refractivity (Wildman–Crippen MR) is 96.1 cm³/mol. The zero-order valence-electron chi connectivity index (χ0n) is 13.6. The molecule has 2 aliphatic heterocycles. The van der Waals surface area contributed by atoms with Crippen molar-refractivity contribution in [3.63, 3.8) is 0 Å². The Balaban J connectivity index is 1.95. The Labute approximate surface area is 154 Å². The van der Waals surface area contributed by atoms with Crippen LogP contribution in [0.4, 0.5) is 5.69 Å². The lowest BCUT2D eigenvalue weighted by Crippen LogP contribution is -2.37. The third kappa shape index (κ3) is 2.59. The van der Waals surface area contributed by atoms with Crippen molar-refractivity contribution in [2.45, 2.75) is 31.6 Å². The van der Waals surface area contributed by atoms with E-state index in [0.29, 0.717) is 42.7 Å². The first-order valence-corrected chi connectivity index (χ1v) is 10.3. The summed E-state index contributed by atoms with van der Waals surface area (Å²) >= 11 is 5.90. The average molecular weight is 395 g/mol. The van der Waals surface area contributed by atoms with Crippen molar-refractivity contribution in [1.29, 1.82) is 0 Å². The molecule has 1 saturated carbocycles. The molecule has 26 heavy (non-hydrogen) atoms. The number of halogens is 1. The molecule has 2 atom stereocenters. The van der Waals surface area contributed by atoms with Crippen LogP contribution in [0.2, 0.25) is 5.02 Å². The van der Waals surface area contributed by atoms with Crippen molar-refractivity contribution >= 4 is 38.6 Å². The number of nitro benzene ring substituents is 1. The van der Waals surface area contributed by atoms with E-state index in [0.717, 1.165) is 0 Å². The molecule has 1 aromatic rings. The number of carbonyl (C=O) groups is 1. The van der Waals surface area contributed by atoms with Crippen molar-refractivity contribution in [1.82, 2.24) is 0 Å². The first-order valence-electron chi connectivity index (χ1n) is 8.29. The van der Waals surface area contributed by atoms with E-state index in [2.05, 4.69) is 4.99 Å². The molecule has 1 aromatic carbocycles. The van der Waals surface area contributed by atoms with Gasteiger partial charge in [-0.15, -0.1) is 0 Å². The molecular formula is C17H15ClN2O5S. The molecule has 1 aliphatic carbocycles. The largest absolute Gasteiger partial charge is 0.299 e. The molecule has 0 amide bonds. The second-order valence-electron chi connectivity index (χ2n) is 6.73. The van der Waals surface area contributed by atoms with Gasteiger partial charge in [0.25, 0.3) is 5.69 Å². The van der Waals surface area contributed by atoms with Gasteiger partial charge in [-0.05, 0) is 24.5 Å². The fourth-order valence-electron chi connectivity index (χ4n) is 4.10. The molecule has 1 fully saturated rings. The van der Waals surface area contributed by atoms with Gasteiger partial charge in [0, 0.05) is 30.5 Å². The summed E-state index contributed by atoms with van der Waals surface area (Å²) in [7, 11) is -3.54. The molecule has 0 N–H and O–H groups in total. The topological polar surface area (TPSA) is 107 Å². The van der Waals surface area contributed by atoms with Crippen LogP contribution in [-0.2, 0) is 14.6 Å². The molecule has 0 saturated heterocycles. The Kier molecular flexibility index (Phi) is 4.00. The number of ketones is 1. The summed E-state index contributed by atoms with van der Waals surface area (Å²) in [4.78, 5) is 27.9. The summed E-state index contributed by atoms with van der Waals surface area (Å²) in [5.41, 5.74) is 1.31. The predicted octanol–water partition coefficient (Wildman–Crippen LogP) is 3.19. The minimum Gasteiger partial charge on any atom is -0.299 e. The summed E-state index contributed by atoms with van der Waals surface area (Å²) < 4.78 is 25.3. The summed E-state index contributed by atoms with van der Waals surface area (Å²) in [5, 5.41) is 11.2. The van der Waals surface area contributed by atoms with E-state index < -0.39 is 26.6 Å². The fraction of sp³-hybridized carbons (Fsp3) is 0.412. The number of hydrogen-bond donors (Lipinski definition) is 0. The molecule has 1 unspecified atom stereocenters. The van der Waals surface area contributed by atoms with Crippen molar-refractivity contribution in [2.24, 2.45) is 10.9 Å². The van der Waals surface area contributed by atoms with Crippen molar-refractivity contribution < 1.29 is 18.1 Å². The highest BCUT2D eigenvalue weighted by Crippen LogP contribution is 2.49. The zero-order chi connectivity index (χ0) is 18.6. The number of allylic oxidation sites excluding steroid dienone is 2. The third-order valence-electron chi connectivity index (χ3n) is 5.21. The van der Waals surface area contributed by atoms with Crippen molar-refractivity contribution in [2.75, 3.05) is 5.75 Å². The molecule has 3 aliphatic rings. The number of benzene rings is 1. The zero-order valence-corrected chi connectivity index (χ0v) is 15.2. The number of Topliss-reactive ketones (excluding diaryl/α,β-unsaturated/α-hetero) is 1. The number of nitrogens with zero attached hydrogens (tertiary/aromatic N) is 2. The van der Waals surface area contributed by atoms with Crippen LogP contribution in [0.25, 0.3) is 0 Å². The fourth-order valence-corrected chi connectivity index (χ4v) is 6.14. The summed E-state index contributed by atoms with van der Waals surface area (Å²) in [5.74, 6) is -1.53. The number of sulfone groups is 1. The van der Waals surface area contributed by atoms with Crippen LogP contribution in [0.3, 0.4) is 0 Å². The monoisotopic (exact) mass is 394 g/mol. The Morgan fingerprint density at radius 2 is 1.96 bits per heavy atom. The van der Waals surface area contributed by atoms with Gasteiger partial charge in [-0.2, -0.15) is 0 Å². The van der Waals surface area contributed by atoms with Crippen LogP contribution < -0.4 is 0 Å². The van der Waals surface area contributed by atoms with E-state index in [9.17, 15) is 23.3 Å². The van der Waals surface area contributed by atoms with Gasteiger partial charge in [-0.1, -0.05) is 17.7 Å². The quantitative estimate of drug-likeness (QED) is 0.565. The van der Waals surface area contributed by atoms with E-state index in [1.807, 2.05) is 0 Å². The number of hydrogen-bond acceptors (Lipinski definition) is 6. The molecular weight excluding hydrogens is 380 g/mol. The summed E-state index contributed by atoms with van der Waals surface area (Å²) in [6.07, 6.45) is 2.00. The van der Waals surface area contributed by atoms with E-state index in [1.54, 1.807) is 6.07 Å². The molecule has 0 bridgehead atoms. The van der Waals surface area contributed by atoms with E-state index in [4.69, 9.17) is 11.6 Å². The Morgan fingerprint density at radius 3 is 2.69 bits per heavy atom. The number of rotatable bonds is 2. The van der Waals surface area contributed by atoms with E-state index in [1.165, 1.54) is 12.1 Å². The molecule has 0 aromatic heterocycles. The van der Waals surface area contributed by atoms with Crippen molar-refractivity contribution in [3.8, 4) is 0 Å². The van der Waals surface area contributed by atoms with Crippen LogP contribution in [0.5, 0.6) is 0 Å². The molecule has 0 radical (unpaired) electrons. The van der Waals surface area contributed by atoms with Gasteiger partial charge in [0.05, 0.1) is 27.2 Å². The molecule has 2 heterocycles. The second kappa shape index (κ2) is 5.99. The third-order valence-corrected chi connectivity index (χ3v) is 7.43. The maximum absolute atomic E-state index is 12.6. The lowest BCUT2D eigenvalue weighted by molar-refractivity contribution is -0.384. The number of fused-ring (bicyclic) bond motifs is 1. The standard InChI is InChI=1S/C17H15ClN2O5S/c18-10-5-4-9(8-13(10)20(22)23)15-16-11(2-1-3-14(16)21)19-12-6-7-26(24,25)17(12)15/h4-5,8,15-16H,1-3,6-7H2/t15-,16?/m1/s1. The van der Waals surface area contributed by atoms with Gasteiger partial charge >= 0.3 is 0 Å². The molecule has 136 valence electrons. The average Bonchev–Trinajstić information content (AvgIpc) is 2.89. The van der Waals surface area contributed by atoms with Gasteiger partial charge in [0.15, 0.2) is 9.84 Å². The second-order valence-corrected chi connectivity index (χ2v) is 9.21. The van der Waals surface area contributed by atoms with E-state index >= 15 is 0 Å². The normalized spacial score (nSPS) is 27.0. The minimum absolute atomic E-state index is 0.0260. The SMILES string of the molecule is O=C1CCCC2=NC3=C([C@H](c4ccc(Cl)c([N+](=O)[O-])c4)C12)S(=O)(=O)CC3. The highest BCUT2D eigenvalue weighted by atomic mass is 35.5. The molecule has 4 rings (SSSR count). The van der Waals surface area contributed by atoms with Crippen LogP contribution in [-0.4, -0.2) is 30.6 Å². The Hall–Kier alpha value is -2.06. The molecule has 7 nitrogen and oxygen atoms in total. The van der Waals surface area contributed by atoms with Gasteiger partial charge in [-0.3, -0.25) is 19.9 Å². The highest BCUT2D eigenvalue weighted by Gasteiger charge is 2.48. The summed E-state index contributed by atoms with van der Waals surface area (Å²) in [6, 6.07) is 4.25. The lowest BCUT2D eigenvalue weighted by atomic mass is 9.72. The number of carbonyl (C=O) groups excluding carboxylic acids is 1. The maximum Gasteiger partial charge on any atom is 0.288 e. The van der Waals surface area contributed by atoms with Gasteiger partial charge < -0.3 is 0 Å². The minimum atomic E-state index is -3.54. The van der Waals surface area contributed by atoms with Gasteiger partial charge in [0.2, 0.25) is 0 Å².